The fraction of sp³-hybridized carbons (Fsp3) is 0.429. The van der Waals surface area contributed by atoms with E-state index in [1.54, 1.807) is 0 Å². The van der Waals surface area contributed by atoms with Crippen LogP contribution in [0.5, 0.6) is 0 Å². The fourth-order valence-electron chi connectivity index (χ4n) is 2.67. The van der Waals surface area contributed by atoms with Crippen LogP contribution in [-0.4, -0.2) is 15.8 Å². The van der Waals surface area contributed by atoms with Gasteiger partial charge in [-0.3, -0.25) is 0 Å². The summed E-state index contributed by atoms with van der Waals surface area (Å²) in [6.45, 7) is 1.90. The Morgan fingerprint density at radius 1 is 1.31 bits per heavy atom. The van der Waals surface area contributed by atoms with Crippen molar-refractivity contribution in [1.29, 1.82) is 0 Å². The number of hydrogen-bond donors (Lipinski definition) is 1. The number of aryl methyl sites for hydroxylation is 1. The van der Waals surface area contributed by atoms with E-state index in [-0.39, 0.29) is 11.5 Å². The van der Waals surface area contributed by atoms with E-state index in [1.165, 1.54) is 16.5 Å². The van der Waals surface area contributed by atoms with Gasteiger partial charge in [0.15, 0.2) is 0 Å². The van der Waals surface area contributed by atoms with Crippen LogP contribution in [0, 0.1) is 0 Å². The van der Waals surface area contributed by atoms with E-state index >= 15 is 0 Å². The molecule has 1 aliphatic rings. The SMILES string of the molecule is CC(O)C1(c2ccc3c(ccn3C)c2)CC1. The van der Waals surface area contributed by atoms with E-state index in [2.05, 4.69) is 42.1 Å². The zero-order chi connectivity index (χ0) is 11.3. The minimum Gasteiger partial charge on any atom is -0.392 e. The van der Waals surface area contributed by atoms with Gasteiger partial charge in [-0.25, -0.2) is 0 Å². The maximum Gasteiger partial charge on any atom is 0.0608 e. The highest BCUT2D eigenvalue weighted by molar-refractivity contribution is 5.81. The molecule has 1 heterocycles. The van der Waals surface area contributed by atoms with Gasteiger partial charge in [0.1, 0.15) is 0 Å². The van der Waals surface area contributed by atoms with Crippen LogP contribution < -0.4 is 0 Å². The van der Waals surface area contributed by atoms with E-state index in [0.29, 0.717) is 0 Å². The monoisotopic (exact) mass is 215 g/mol. The predicted molar refractivity (Wildman–Crippen MR) is 65.5 cm³/mol. The number of aliphatic hydroxyl groups is 1. The van der Waals surface area contributed by atoms with Gasteiger partial charge in [-0.2, -0.15) is 0 Å². The Hall–Kier alpha value is -1.28. The van der Waals surface area contributed by atoms with Crippen LogP contribution >= 0.6 is 0 Å². The van der Waals surface area contributed by atoms with Gasteiger partial charge < -0.3 is 9.67 Å². The van der Waals surface area contributed by atoms with Gasteiger partial charge in [0.05, 0.1) is 6.10 Å². The number of benzene rings is 1. The zero-order valence-electron chi connectivity index (χ0n) is 9.77. The lowest BCUT2D eigenvalue weighted by molar-refractivity contribution is 0.151. The molecule has 0 aliphatic heterocycles. The van der Waals surface area contributed by atoms with Crippen molar-refractivity contribution < 1.29 is 5.11 Å². The fourth-order valence-corrected chi connectivity index (χ4v) is 2.67. The first kappa shape index (κ1) is 9.91. The van der Waals surface area contributed by atoms with Crippen LogP contribution in [0.3, 0.4) is 0 Å². The molecule has 1 aliphatic carbocycles. The van der Waals surface area contributed by atoms with Crippen LogP contribution in [0.25, 0.3) is 10.9 Å². The first-order valence-corrected chi connectivity index (χ1v) is 5.87. The Morgan fingerprint density at radius 2 is 2.06 bits per heavy atom. The third-order valence-electron chi connectivity index (χ3n) is 4.05. The minimum atomic E-state index is -0.242. The predicted octanol–water partition coefficient (Wildman–Crippen LogP) is 2.59. The third kappa shape index (κ3) is 1.23. The molecular formula is C14H17NO. The summed E-state index contributed by atoms with van der Waals surface area (Å²) < 4.78 is 2.13. The van der Waals surface area contributed by atoms with Crippen molar-refractivity contribution in [2.45, 2.75) is 31.3 Å². The quantitative estimate of drug-likeness (QED) is 0.818. The summed E-state index contributed by atoms with van der Waals surface area (Å²) in [6.07, 6.45) is 4.07. The topological polar surface area (TPSA) is 25.2 Å². The highest BCUT2D eigenvalue weighted by Crippen LogP contribution is 2.51. The van der Waals surface area contributed by atoms with Gasteiger partial charge in [-0.05, 0) is 48.9 Å². The van der Waals surface area contributed by atoms with Crippen molar-refractivity contribution in [2.75, 3.05) is 0 Å². The van der Waals surface area contributed by atoms with Crippen molar-refractivity contribution in [3.8, 4) is 0 Å². The molecule has 1 aromatic heterocycles. The molecule has 2 aromatic rings. The summed E-state index contributed by atoms with van der Waals surface area (Å²) in [6, 6.07) is 8.70. The van der Waals surface area contributed by atoms with Crippen LogP contribution in [0.1, 0.15) is 25.3 Å². The summed E-state index contributed by atoms with van der Waals surface area (Å²) in [5, 5.41) is 11.1. The maximum atomic E-state index is 9.87. The molecule has 1 fully saturated rings. The molecule has 16 heavy (non-hydrogen) atoms. The third-order valence-corrected chi connectivity index (χ3v) is 4.05. The molecule has 1 N–H and O–H groups in total. The molecular weight excluding hydrogens is 198 g/mol. The molecule has 1 unspecified atom stereocenters. The standard InChI is InChI=1S/C14H17NO/c1-10(16)14(6-7-14)12-3-4-13-11(9-12)5-8-15(13)2/h3-5,8-10,16H,6-7H2,1-2H3. The number of aliphatic hydroxyl groups excluding tert-OH is 1. The second-order valence-corrected chi connectivity index (χ2v) is 5.03. The number of aromatic nitrogens is 1. The molecule has 1 atom stereocenters. The second-order valence-electron chi connectivity index (χ2n) is 5.03. The van der Waals surface area contributed by atoms with E-state index in [9.17, 15) is 5.11 Å². The van der Waals surface area contributed by atoms with Crippen LogP contribution in [0.4, 0.5) is 0 Å². The molecule has 0 amide bonds. The van der Waals surface area contributed by atoms with E-state index < -0.39 is 0 Å². The molecule has 84 valence electrons. The first-order valence-electron chi connectivity index (χ1n) is 5.87. The maximum absolute atomic E-state index is 9.87. The molecule has 0 bridgehead atoms. The summed E-state index contributed by atoms with van der Waals surface area (Å²) in [5.41, 5.74) is 2.59. The number of rotatable bonds is 2. The normalized spacial score (nSPS) is 19.9. The molecule has 2 nitrogen and oxygen atoms in total. The zero-order valence-corrected chi connectivity index (χ0v) is 9.77. The average molecular weight is 215 g/mol. The number of nitrogens with zero attached hydrogens (tertiary/aromatic N) is 1. The van der Waals surface area contributed by atoms with Crippen molar-refractivity contribution >= 4 is 10.9 Å². The summed E-state index contributed by atoms with van der Waals surface area (Å²) >= 11 is 0. The van der Waals surface area contributed by atoms with Crippen molar-refractivity contribution in [1.82, 2.24) is 4.57 Å². The Morgan fingerprint density at radius 3 is 2.69 bits per heavy atom. The summed E-state index contributed by atoms with van der Waals surface area (Å²) in [7, 11) is 2.06. The molecule has 2 heteroatoms. The van der Waals surface area contributed by atoms with E-state index in [4.69, 9.17) is 0 Å². The van der Waals surface area contributed by atoms with Crippen molar-refractivity contribution in [2.24, 2.45) is 7.05 Å². The minimum absolute atomic E-state index is 0.0457. The molecule has 1 aromatic carbocycles. The smallest absolute Gasteiger partial charge is 0.0608 e. The molecule has 3 rings (SSSR count). The Bertz CT molecular complexity index is 535. The molecule has 1 saturated carbocycles. The van der Waals surface area contributed by atoms with Crippen LogP contribution in [0.2, 0.25) is 0 Å². The van der Waals surface area contributed by atoms with Gasteiger partial charge >= 0.3 is 0 Å². The molecule has 0 radical (unpaired) electrons. The first-order chi connectivity index (χ1) is 7.63. The Balaban J connectivity index is 2.12. The highest BCUT2D eigenvalue weighted by atomic mass is 16.3. The van der Waals surface area contributed by atoms with Gasteiger partial charge in [0.25, 0.3) is 0 Å². The van der Waals surface area contributed by atoms with Gasteiger partial charge in [-0.15, -0.1) is 0 Å². The molecule has 0 saturated heterocycles. The van der Waals surface area contributed by atoms with Crippen molar-refractivity contribution in [3.63, 3.8) is 0 Å². The molecule has 0 spiro atoms. The van der Waals surface area contributed by atoms with Gasteiger partial charge in [0.2, 0.25) is 0 Å². The van der Waals surface area contributed by atoms with Crippen molar-refractivity contribution in [3.05, 3.63) is 36.0 Å². The number of fused-ring (bicyclic) bond motifs is 1. The second kappa shape index (κ2) is 3.11. The summed E-state index contributed by atoms with van der Waals surface area (Å²) in [4.78, 5) is 0. The van der Waals surface area contributed by atoms with Crippen LogP contribution in [0.15, 0.2) is 30.5 Å². The lowest BCUT2D eigenvalue weighted by Gasteiger charge is -2.19. The van der Waals surface area contributed by atoms with E-state index in [1.807, 2.05) is 6.92 Å². The van der Waals surface area contributed by atoms with E-state index in [0.717, 1.165) is 12.8 Å². The lowest BCUT2D eigenvalue weighted by Crippen LogP contribution is -2.22. The van der Waals surface area contributed by atoms with Crippen LogP contribution in [-0.2, 0) is 12.5 Å². The van der Waals surface area contributed by atoms with Gasteiger partial charge in [0, 0.05) is 24.2 Å². The summed E-state index contributed by atoms with van der Waals surface area (Å²) in [5.74, 6) is 0. The average Bonchev–Trinajstić information content (AvgIpc) is 3.00. The van der Waals surface area contributed by atoms with Gasteiger partial charge in [-0.1, -0.05) is 6.07 Å². The number of hydrogen-bond acceptors (Lipinski definition) is 1. The lowest BCUT2D eigenvalue weighted by atomic mass is 9.90. The Labute approximate surface area is 95.5 Å². The Kier molecular flexibility index (Phi) is 1.93. The largest absolute Gasteiger partial charge is 0.392 e. The highest BCUT2D eigenvalue weighted by Gasteiger charge is 2.48.